The molecule has 0 amide bonds. The number of rotatable bonds is 4. The standard InChI is InChI=1S/C13H16Cl2N2O3/c1-8(13(18)19)16-9-6-10(14)12(11(15)7-9)17-2-4-20-5-3-17/h6-8,16H,2-5H2,1H3,(H,18,19). The number of hydrogen-bond acceptors (Lipinski definition) is 4. The van der Waals surface area contributed by atoms with E-state index >= 15 is 0 Å². The maximum absolute atomic E-state index is 10.8. The van der Waals surface area contributed by atoms with E-state index in [1.807, 2.05) is 0 Å². The number of anilines is 2. The molecule has 7 heteroatoms. The molecule has 1 heterocycles. The van der Waals surface area contributed by atoms with E-state index in [9.17, 15) is 4.79 Å². The summed E-state index contributed by atoms with van der Waals surface area (Å²) >= 11 is 12.6. The summed E-state index contributed by atoms with van der Waals surface area (Å²) in [5.41, 5.74) is 1.36. The third-order valence-corrected chi connectivity index (χ3v) is 3.67. The van der Waals surface area contributed by atoms with Gasteiger partial charge < -0.3 is 20.1 Å². The summed E-state index contributed by atoms with van der Waals surface area (Å²) in [6.45, 7) is 4.31. The van der Waals surface area contributed by atoms with Crippen LogP contribution in [-0.2, 0) is 9.53 Å². The van der Waals surface area contributed by atoms with Crippen molar-refractivity contribution >= 4 is 40.5 Å². The zero-order valence-corrected chi connectivity index (χ0v) is 12.5. The van der Waals surface area contributed by atoms with Crippen molar-refractivity contribution in [1.82, 2.24) is 0 Å². The fourth-order valence-corrected chi connectivity index (χ4v) is 2.78. The molecular weight excluding hydrogens is 303 g/mol. The van der Waals surface area contributed by atoms with E-state index in [1.165, 1.54) is 0 Å². The van der Waals surface area contributed by atoms with Gasteiger partial charge in [0.2, 0.25) is 0 Å². The molecule has 1 aliphatic heterocycles. The molecule has 0 spiro atoms. The lowest BCUT2D eigenvalue weighted by Crippen LogP contribution is -2.36. The number of nitrogens with zero attached hydrogens (tertiary/aromatic N) is 1. The van der Waals surface area contributed by atoms with Crippen molar-refractivity contribution in [2.45, 2.75) is 13.0 Å². The summed E-state index contributed by atoms with van der Waals surface area (Å²) in [6, 6.07) is 2.67. The first kappa shape index (κ1) is 15.2. The van der Waals surface area contributed by atoms with Crippen LogP contribution in [0.3, 0.4) is 0 Å². The molecule has 5 nitrogen and oxygen atoms in total. The Kier molecular flexibility index (Phi) is 4.96. The fourth-order valence-electron chi connectivity index (χ4n) is 2.05. The Bertz CT molecular complexity index is 481. The molecule has 110 valence electrons. The number of nitrogens with one attached hydrogen (secondary N) is 1. The van der Waals surface area contributed by atoms with E-state index in [-0.39, 0.29) is 0 Å². The lowest BCUT2D eigenvalue weighted by molar-refractivity contribution is -0.137. The van der Waals surface area contributed by atoms with Crippen LogP contribution < -0.4 is 10.2 Å². The second kappa shape index (κ2) is 6.52. The number of halogens is 2. The quantitative estimate of drug-likeness (QED) is 0.893. The van der Waals surface area contributed by atoms with Crippen molar-refractivity contribution in [2.75, 3.05) is 36.5 Å². The molecule has 1 aromatic carbocycles. The zero-order valence-electron chi connectivity index (χ0n) is 11.0. The average molecular weight is 319 g/mol. The molecule has 0 radical (unpaired) electrons. The SMILES string of the molecule is CC(Nc1cc(Cl)c(N2CCOCC2)c(Cl)c1)C(=O)O. The van der Waals surface area contributed by atoms with Crippen molar-refractivity contribution in [3.8, 4) is 0 Å². The minimum absolute atomic E-state index is 0.500. The van der Waals surface area contributed by atoms with Gasteiger partial charge in [0, 0.05) is 18.8 Å². The number of morpholine rings is 1. The molecule has 0 saturated carbocycles. The Balaban J connectivity index is 2.22. The predicted octanol–water partition coefficient (Wildman–Crippen LogP) is 2.72. The van der Waals surface area contributed by atoms with Crippen LogP contribution in [-0.4, -0.2) is 43.4 Å². The summed E-state index contributed by atoms with van der Waals surface area (Å²) in [7, 11) is 0. The van der Waals surface area contributed by atoms with Crippen LogP contribution in [0.4, 0.5) is 11.4 Å². The van der Waals surface area contributed by atoms with Gasteiger partial charge in [-0.3, -0.25) is 4.79 Å². The van der Waals surface area contributed by atoms with E-state index in [4.69, 9.17) is 33.0 Å². The number of carbonyl (C=O) groups is 1. The topological polar surface area (TPSA) is 61.8 Å². The van der Waals surface area contributed by atoms with Crippen molar-refractivity contribution in [3.63, 3.8) is 0 Å². The molecule has 0 aliphatic carbocycles. The summed E-state index contributed by atoms with van der Waals surface area (Å²) < 4.78 is 5.30. The monoisotopic (exact) mass is 318 g/mol. The minimum atomic E-state index is -0.936. The first-order chi connectivity index (χ1) is 9.49. The highest BCUT2D eigenvalue weighted by Crippen LogP contribution is 2.37. The lowest BCUT2D eigenvalue weighted by atomic mass is 10.2. The van der Waals surface area contributed by atoms with Gasteiger partial charge in [-0.2, -0.15) is 0 Å². The highest BCUT2D eigenvalue weighted by Gasteiger charge is 2.19. The molecule has 2 N–H and O–H groups in total. The van der Waals surface area contributed by atoms with Gasteiger partial charge in [0.05, 0.1) is 28.9 Å². The summed E-state index contributed by atoms with van der Waals surface area (Å²) in [4.78, 5) is 12.9. The van der Waals surface area contributed by atoms with E-state index in [0.29, 0.717) is 28.9 Å². The Morgan fingerprint density at radius 2 is 1.90 bits per heavy atom. The van der Waals surface area contributed by atoms with Gasteiger partial charge in [0.15, 0.2) is 0 Å². The molecule has 20 heavy (non-hydrogen) atoms. The van der Waals surface area contributed by atoms with Gasteiger partial charge in [0.25, 0.3) is 0 Å². The van der Waals surface area contributed by atoms with Crippen LogP contribution >= 0.6 is 23.2 Å². The van der Waals surface area contributed by atoms with Crippen LogP contribution in [0.15, 0.2) is 12.1 Å². The highest BCUT2D eigenvalue weighted by molar-refractivity contribution is 6.39. The van der Waals surface area contributed by atoms with Gasteiger partial charge >= 0.3 is 5.97 Å². The number of ether oxygens (including phenoxy) is 1. The van der Waals surface area contributed by atoms with Crippen LogP contribution in [0.2, 0.25) is 10.0 Å². The molecule has 1 unspecified atom stereocenters. The van der Waals surface area contributed by atoms with E-state index in [2.05, 4.69) is 10.2 Å². The van der Waals surface area contributed by atoms with Gasteiger partial charge in [-0.25, -0.2) is 0 Å². The second-order valence-electron chi connectivity index (χ2n) is 4.59. The van der Waals surface area contributed by atoms with E-state index < -0.39 is 12.0 Å². The maximum Gasteiger partial charge on any atom is 0.325 e. The van der Waals surface area contributed by atoms with Crippen molar-refractivity contribution in [2.24, 2.45) is 0 Å². The average Bonchev–Trinajstić information content (AvgIpc) is 2.39. The molecule has 1 aromatic rings. The first-order valence-corrected chi connectivity index (χ1v) is 7.05. The molecule has 2 rings (SSSR count). The van der Waals surface area contributed by atoms with Gasteiger partial charge in [-0.15, -0.1) is 0 Å². The van der Waals surface area contributed by atoms with Crippen LogP contribution in [0.1, 0.15) is 6.92 Å². The highest BCUT2D eigenvalue weighted by atomic mass is 35.5. The van der Waals surface area contributed by atoms with E-state index in [1.54, 1.807) is 19.1 Å². The third-order valence-electron chi connectivity index (χ3n) is 3.10. The number of carboxylic acids is 1. The lowest BCUT2D eigenvalue weighted by Gasteiger charge is -2.30. The number of benzene rings is 1. The van der Waals surface area contributed by atoms with Gasteiger partial charge in [-0.05, 0) is 19.1 Å². The molecule has 1 saturated heterocycles. The number of aliphatic carboxylic acids is 1. The Labute approximate surface area is 127 Å². The van der Waals surface area contributed by atoms with Crippen LogP contribution in [0, 0.1) is 0 Å². The largest absolute Gasteiger partial charge is 0.480 e. The smallest absolute Gasteiger partial charge is 0.325 e. The molecule has 1 aliphatic rings. The van der Waals surface area contributed by atoms with Gasteiger partial charge in [-0.1, -0.05) is 23.2 Å². The predicted molar refractivity (Wildman–Crippen MR) is 80.2 cm³/mol. The van der Waals surface area contributed by atoms with Crippen molar-refractivity contribution in [3.05, 3.63) is 22.2 Å². The Morgan fingerprint density at radius 1 is 1.35 bits per heavy atom. The maximum atomic E-state index is 10.8. The molecule has 1 atom stereocenters. The van der Waals surface area contributed by atoms with Crippen molar-refractivity contribution in [1.29, 1.82) is 0 Å². The van der Waals surface area contributed by atoms with Gasteiger partial charge in [0.1, 0.15) is 6.04 Å². The van der Waals surface area contributed by atoms with Crippen LogP contribution in [0.5, 0.6) is 0 Å². The number of carboxylic acid groups (broad SMARTS) is 1. The summed E-state index contributed by atoms with van der Waals surface area (Å²) in [6.07, 6.45) is 0. The fraction of sp³-hybridized carbons (Fsp3) is 0.462. The normalized spacial score (nSPS) is 16.9. The summed E-state index contributed by atoms with van der Waals surface area (Å²) in [5.74, 6) is -0.936. The Morgan fingerprint density at radius 3 is 2.40 bits per heavy atom. The summed E-state index contributed by atoms with van der Waals surface area (Å²) in [5, 5.41) is 12.7. The van der Waals surface area contributed by atoms with E-state index in [0.717, 1.165) is 18.8 Å². The molecule has 1 fully saturated rings. The third kappa shape index (κ3) is 3.48. The van der Waals surface area contributed by atoms with Crippen molar-refractivity contribution < 1.29 is 14.6 Å². The minimum Gasteiger partial charge on any atom is -0.480 e. The molecule has 0 aromatic heterocycles. The zero-order chi connectivity index (χ0) is 14.7. The number of hydrogen-bond donors (Lipinski definition) is 2. The Hall–Kier alpha value is -1.17. The van der Waals surface area contributed by atoms with Crippen LogP contribution in [0.25, 0.3) is 0 Å². The second-order valence-corrected chi connectivity index (χ2v) is 5.41. The molecular formula is C13H16Cl2N2O3. The molecule has 0 bridgehead atoms. The first-order valence-electron chi connectivity index (χ1n) is 6.30.